The Morgan fingerprint density at radius 3 is 3.00 bits per heavy atom. The minimum atomic E-state index is -0.318. The highest BCUT2D eigenvalue weighted by Gasteiger charge is 1.99. The van der Waals surface area contributed by atoms with E-state index in [0.717, 1.165) is 12.1 Å². The van der Waals surface area contributed by atoms with Crippen molar-refractivity contribution in [2.45, 2.75) is 26.8 Å². The van der Waals surface area contributed by atoms with Gasteiger partial charge in [-0.25, -0.2) is 0 Å². The summed E-state index contributed by atoms with van der Waals surface area (Å²) in [5, 5.41) is 4.17. The summed E-state index contributed by atoms with van der Waals surface area (Å²) in [5.74, 6) is 5.84. The number of carbonyl (C=O) groups excluding carboxylic acids is 1. The molecule has 0 atom stereocenters. The van der Waals surface area contributed by atoms with E-state index >= 15 is 0 Å². The number of hydrogen-bond acceptors (Lipinski definition) is 3. The maximum Gasteiger partial charge on any atom is 0.317 e. The van der Waals surface area contributed by atoms with Crippen molar-refractivity contribution in [3.8, 4) is 11.8 Å². The zero-order valence-electron chi connectivity index (χ0n) is 9.86. The van der Waals surface area contributed by atoms with Gasteiger partial charge < -0.3 is 4.74 Å². The first-order valence-electron chi connectivity index (χ1n) is 5.20. The average molecular weight is 220 g/mol. The fraction of sp³-hybridized carbons (Fsp3) is 0.500. The first-order chi connectivity index (χ1) is 7.61. The first-order valence-corrected chi connectivity index (χ1v) is 5.20. The summed E-state index contributed by atoms with van der Waals surface area (Å²) < 4.78 is 6.34. The second-order valence-electron chi connectivity index (χ2n) is 3.90. The lowest BCUT2D eigenvalue weighted by Crippen LogP contribution is -2.03. The first kappa shape index (κ1) is 12.3. The third-order valence-corrected chi connectivity index (χ3v) is 1.88. The highest BCUT2D eigenvalue weighted by molar-refractivity contribution is 5.72. The molecule has 4 nitrogen and oxygen atoms in total. The Morgan fingerprint density at radius 1 is 1.62 bits per heavy atom. The zero-order chi connectivity index (χ0) is 12.0. The molecule has 0 aliphatic heterocycles. The Labute approximate surface area is 95.6 Å². The van der Waals surface area contributed by atoms with Crippen LogP contribution in [0.4, 0.5) is 0 Å². The van der Waals surface area contributed by atoms with Gasteiger partial charge in [-0.1, -0.05) is 25.7 Å². The highest BCUT2D eigenvalue weighted by atomic mass is 16.5. The number of methoxy groups -OCH3 is 1. The predicted octanol–water partition coefficient (Wildman–Crippen LogP) is 1.45. The van der Waals surface area contributed by atoms with E-state index in [0.29, 0.717) is 5.92 Å². The molecular weight excluding hydrogens is 204 g/mol. The van der Waals surface area contributed by atoms with Crippen LogP contribution in [0.5, 0.6) is 0 Å². The molecule has 0 aliphatic carbocycles. The molecule has 1 rings (SSSR count). The van der Waals surface area contributed by atoms with E-state index in [1.807, 2.05) is 10.9 Å². The topological polar surface area (TPSA) is 44.1 Å². The fourth-order valence-corrected chi connectivity index (χ4v) is 1.19. The number of nitrogens with zero attached hydrogens (tertiary/aromatic N) is 2. The van der Waals surface area contributed by atoms with Gasteiger partial charge in [0.15, 0.2) is 0 Å². The van der Waals surface area contributed by atoms with Crippen LogP contribution in [0.1, 0.15) is 25.8 Å². The molecule has 4 heteroatoms. The summed E-state index contributed by atoms with van der Waals surface area (Å²) in [6.45, 7) is 5.13. The molecule has 0 spiro atoms. The second-order valence-corrected chi connectivity index (χ2v) is 3.90. The number of ether oxygens (including phenoxy) is 1. The molecule has 0 saturated heterocycles. The lowest BCUT2D eigenvalue weighted by atomic mass is 10.2. The van der Waals surface area contributed by atoms with Crippen LogP contribution in [0, 0.1) is 17.8 Å². The van der Waals surface area contributed by atoms with Gasteiger partial charge in [0.2, 0.25) is 0 Å². The monoisotopic (exact) mass is 220 g/mol. The summed E-state index contributed by atoms with van der Waals surface area (Å²) in [6.07, 6.45) is 3.70. The van der Waals surface area contributed by atoms with Crippen LogP contribution < -0.4 is 0 Å². The van der Waals surface area contributed by atoms with E-state index < -0.39 is 0 Å². The highest BCUT2D eigenvalue weighted by Crippen LogP contribution is 2.00. The van der Waals surface area contributed by atoms with E-state index in [4.69, 9.17) is 0 Å². The molecule has 0 saturated carbocycles. The van der Waals surface area contributed by atoms with E-state index in [-0.39, 0.29) is 12.4 Å². The van der Waals surface area contributed by atoms with E-state index in [9.17, 15) is 4.79 Å². The van der Waals surface area contributed by atoms with Crippen LogP contribution in [-0.2, 0) is 16.1 Å². The Morgan fingerprint density at radius 2 is 2.38 bits per heavy atom. The molecule has 0 N–H and O–H groups in total. The minimum Gasteiger partial charge on any atom is -0.468 e. The molecule has 86 valence electrons. The smallest absolute Gasteiger partial charge is 0.317 e. The molecule has 1 aromatic heterocycles. The van der Waals surface area contributed by atoms with Gasteiger partial charge in [0.25, 0.3) is 0 Å². The van der Waals surface area contributed by atoms with Crippen LogP contribution >= 0.6 is 0 Å². The van der Waals surface area contributed by atoms with Crippen molar-refractivity contribution in [3.63, 3.8) is 0 Å². The summed E-state index contributed by atoms with van der Waals surface area (Å²) in [5.41, 5.74) is 0.824. The van der Waals surface area contributed by atoms with Crippen molar-refractivity contribution in [2.24, 2.45) is 5.92 Å². The minimum absolute atomic E-state index is 0.117. The lowest BCUT2D eigenvalue weighted by Gasteiger charge is -2.02. The summed E-state index contributed by atoms with van der Waals surface area (Å²) in [7, 11) is 1.35. The van der Waals surface area contributed by atoms with E-state index in [1.54, 1.807) is 6.20 Å². The van der Waals surface area contributed by atoms with Gasteiger partial charge in [0.1, 0.15) is 6.42 Å². The zero-order valence-corrected chi connectivity index (χ0v) is 9.86. The molecule has 0 radical (unpaired) electrons. The van der Waals surface area contributed by atoms with Crippen molar-refractivity contribution in [3.05, 3.63) is 18.0 Å². The Hall–Kier alpha value is -1.76. The lowest BCUT2D eigenvalue weighted by molar-refractivity contribution is -0.139. The Balaban J connectivity index is 2.54. The quantitative estimate of drug-likeness (QED) is 0.572. The van der Waals surface area contributed by atoms with Gasteiger partial charge in [-0.2, -0.15) is 5.10 Å². The molecule has 1 aromatic rings. The number of aromatic nitrogens is 2. The van der Waals surface area contributed by atoms with Crippen molar-refractivity contribution in [2.75, 3.05) is 7.11 Å². The van der Waals surface area contributed by atoms with Gasteiger partial charge in [-0.3, -0.25) is 9.48 Å². The molecule has 0 aliphatic rings. The third kappa shape index (κ3) is 4.18. The molecule has 16 heavy (non-hydrogen) atoms. The molecule has 1 heterocycles. The second kappa shape index (κ2) is 5.96. The van der Waals surface area contributed by atoms with Crippen LogP contribution in [0.15, 0.2) is 12.4 Å². The largest absolute Gasteiger partial charge is 0.468 e. The van der Waals surface area contributed by atoms with Crippen LogP contribution in [-0.4, -0.2) is 22.9 Å². The number of carbonyl (C=O) groups is 1. The molecule has 0 aromatic carbocycles. The van der Waals surface area contributed by atoms with Gasteiger partial charge in [0.05, 0.1) is 18.9 Å². The SMILES string of the molecule is COC(=O)CC#Cc1cnn(CC(C)C)c1. The van der Waals surface area contributed by atoms with E-state index in [1.165, 1.54) is 7.11 Å². The molecule has 0 unspecified atom stereocenters. The summed E-state index contributed by atoms with van der Waals surface area (Å²) in [4.78, 5) is 10.8. The van der Waals surface area contributed by atoms with E-state index in [2.05, 4.69) is 35.5 Å². The predicted molar refractivity (Wildman–Crippen MR) is 60.6 cm³/mol. The molecule has 0 fully saturated rings. The van der Waals surface area contributed by atoms with Gasteiger partial charge >= 0.3 is 5.97 Å². The number of hydrogen-bond donors (Lipinski definition) is 0. The Kier molecular flexibility index (Phi) is 4.59. The average Bonchev–Trinajstić information content (AvgIpc) is 2.64. The molecular formula is C12H16N2O2. The number of esters is 1. The van der Waals surface area contributed by atoms with Crippen LogP contribution in [0.25, 0.3) is 0 Å². The Bertz CT molecular complexity index is 410. The standard InChI is InChI=1S/C12H16N2O2/c1-10(2)8-14-9-11(7-13-14)5-4-6-12(15)16-3/h7,9-10H,6,8H2,1-3H3. The van der Waals surface area contributed by atoms with Crippen molar-refractivity contribution < 1.29 is 9.53 Å². The van der Waals surface area contributed by atoms with Crippen molar-refractivity contribution in [1.82, 2.24) is 9.78 Å². The third-order valence-electron chi connectivity index (χ3n) is 1.88. The number of rotatable bonds is 3. The molecule has 0 bridgehead atoms. The maximum absolute atomic E-state index is 10.8. The fourth-order valence-electron chi connectivity index (χ4n) is 1.19. The van der Waals surface area contributed by atoms with Gasteiger partial charge in [0, 0.05) is 12.7 Å². The normalized spacial score (nSPS) is 9.75. The van der Waals surface area contributed by atoms with Gasteiger partial charge in [-0.05, 0) is 5.92 Å². The summed E-state index contributed by atoms with van der Waals surface area (Å²) >= 11 is 0. The maximum atomic E-state index is 10.8. The van der Waals surface area contributed by atoms with Crippen molar-refractivity contribution in [1.29, 1.82) is 0 Å². The summed E-state index contributed by atoms with van der Waals surface area (Å²) in [6, 6.07) is 0. The van der Waals surface area contributed by atoms with Crippen LogP contribution in [0.2, 0.25) is 0 Å². The van der Waals surface area contributed by atoms with Crippen molar-refractivity contribution >= 4 is 5.97 Å². The molecule has 0 amide bonds. The van der Waals surface area contributed by atoms with Gasteiger partial charge in [-0.15, -0.1) is 0 Å². The van der Waals surface area contributed by atoms with Crippen LogP contribution in [0.3, 0.4) is 0 Å².